The van der Waals surface area contributed by atoms with Crippen LogP contribution in [0.3, 0.4) is 0 Å². The van der Waals surface area contributed by atoms with E-state index < -0.39 is 10.0 Å². The van der Waals surface area contributed by atoms with Gasteiger partial charge in [-0.15, -0.1) is 0 Å². The van der Waals surface area contributed by atoms with Gasteiger partial charge >= 0.3 is 0 Å². The molecule has 0 spiro atoms. The maximum atomic E-state index is 13.3. The number of carbonyl (C=O) groups is 2. The lowest BCUT2D eigenvalue weighted by molar-refractivity contribution is -0.126. The molecule has 1 aliphatic carbocycles. The number of piperazine rings is 1. The summed E-state index contributed by atoms with van der Waals surface area (Å²) in [5, 5.41) is 3.03. The van der Waals surface area contributed by atoms with Crippen LogP contribution in [0.4, 0.5) is 5.69 Å². The van der Waals surface area contributed by atoms with Gasteiger partial charge in [-0.2, -0.15) is 0 Å². The second-order valence-electron chi connectivity index (χ2n) is 9.21. The molecule has 2 amide bonds. The molecule has 2 aromatic rings. The first kappa shape index (κ1) is 24.2. The van der Waals surface area contributed by atoms with Gasteiger partial charge in [0.05, 0.1) is 22.2 Å². The molecule has 2 N–H and O–H groups in total. The van der Waals surface area contributed by atoms with Crippen molar-refractivity contribution in [2.45, 2.75) is 50.6 Å². The number of carbonyl (C=O) groups excluding carboxylic acids is 2. The molecule has 34 heavy (non-hydrogen) atoms. The average Bonchev–Trinajstić information content (AvgIpc) is 3.64. The molecule has 2 aliphatic rings. The Morgan fingerprint density at radius 1 is 1.00 bits per heavy atom. The molecule has 2 fully saturated rings. The van der Waals surface area contributed by atoms with E-state index in [4.69, 9.17) is 0 Å². The van der Waals surface area contributed by atoms with Crippen molar-refractivity contribution in [3.8, 4) is 0 Å². The molecule has 9 heteroatoms. The molecule has 0 radical (unpaired) electrons. The van der Waals surface area contributed by atoms with Gasteiger partial charge < -0.3 is 10.2 Å². The number of hydrogen-bond acceptors (Lipinski definition) is 5. The van der Waals surface area contributed by atoms with Crippen molar-refractivity contribution < 1.29 is 18.0 Å². The number of aryl methyl sites for hydroxylation is 2. The smallest absolute Gasteiger partial charge is 0.262 e. The van der Waals surface area contributed by atoms with Gasteiger partial charge in [-0.1, -0.05) is 24.3 Å². The standard InChI is InChI=1S/C25H32N4O4S/c1-17-8-9-18(2)23(16-17)34(32,33)27-22-7-5-4-6-21(22)25(31)29-14-12-28(13-15-29)19(3)24(30)26-20-10-11-20/h4-9,16,19-20,27H,10-15H2,1-3H3,(H,26,30). The van der Waals surface area contributed by atoms with E-state index in [2.05, 4.69) is 14.9 Å². The van der Waals surface area contributed by atoms with Crippen LogP contribution in [0.1, 0.15) is 41.3 Å². The maximum Gasteiger partial charge on any atom is 0.262 e. The number of amides is 2. The fourth-order valence-electron chi connectivity index (χ4n) is 4.15. The zero-order valence-electron chi connectivity index (χ0n) is 19.9. The number of anilines is 1. The monoisotopic (exact) mass is 484 g/mol. The highest BCUT2D eigenvalue weighted by Gasteiger charge is 2.31. The Hall–Kier alpha value is -2.91. The highest BCUT2D eigenvalue weighted by molar-refractivity contribution is 7.92. The Morgan fingerprint density at radius 3 is 2.35 bits per heavy atom. The lowest BCUT2D eigenvalue weighted by Crippen LogP contribution is -2.55. The van der Waals surface area contributed by atoms with Crippen LogP contribution in [-0.4, -0.2) is 68.3 Å². The summed E-state index contributed by atoms with van der Waals surface area (Å²) in [6.07, 6.45) is 2.10. The third-order valence-electron chi connectivity index (χ3n) is 6.49. The maximum absolute atomic E-state index is 13.3. The molecule has 1 atom stereocenters. The second-order valence-corrected chi connectivity index (χ2v) is 10.9. The number of nitrogens with zero attached hydrogens (tertiary/aromatic N) is 2. The Bertz CT molecular complexity index is 1190. The predicted octanol–water partition coefficient (Wildman–Crippen LogP) is 2.53. The molecule has 0 aromatic heterocycles. The fourth-order valence-corrected chi connectivity index (χ4v) is 5.56. The van der Waals surface area contributed by atoms with Crippen molar-refractivity contribution in [3.63, 3.8) is 0 Å². The first-order valence-corrected chi connectivity index (χ1v) is 13.2. The molecule has 182 valence electrons. The SMILES string of the molecule is Cc1ccc(C)c(S(=O)(=O)Nc2ccccc2C(=O)N2CCN(C(C)C(=O)NC3CC3)CC2)c1. The topological polar surface area (TPSA) is 98.8 Å². The van der Waals surface area contributed by atoms with E-state index in [9.17, 15) is 18.0 Å². The minimum Gasteiger partial charge on any atom is -0.352 e. The number of nitrogens with one attached hydrogen (secondary N) is 2. The number of hydrogen-bond donors (Lipinski definition) is 2. The van der Waals surface area contributed by atoms with Gasteiger partial charge in [0.25, 0.3) is 15.9 Å². The molecule has 4 rings (SSSR count). The van der Waals surface area contributed by atoms with Crippen LogP contribution in [0, 0.1) is 13.8 Å². The largest absolute Gasteiger partial charge is 0.352 e. The first-order chi connectivity index (χ1) is 16.2. The zero-order chi connectivity index (χ0) is 24.5. The Morgan fingerprint density at radius 2 is 1.68 bits per heavy atom. The minimum atomic E-state index is -3.86. The Kier molecular flexibility index (Phi) is 6.95. The average molecular weight is 485 g/mol. The summed E-state index contributed by atoms with van der Waals surface area (Å²) in [4.78, 5) is 29.7. The van der Waals surface area contributed by atoms with Crippen molar-refractivity contribution in [3.05, 3.63) is 59.2 Å². The normalized spacial score (nSPS) is 17.8. The van der Waals surface area contributed by atoms with Crippen LogP contribution in [0.15, 0.2) is 47.4 Å². The number of sulfonamides is 1. The van der Waals surface area contributed by atoms with Crippen LogP contribution >= 0.6 is 0 Å². The van der Waals surface area contributed by atoms with Gasteiger partial charge in [0.15, 0.2) is 0 Å². The minimum absolute atomic E-state index is 0.0356. The highest BCUT2D eigenvalue weighted by atomic mass is 32.2. The van der Waals surface area contributed by atoms with Gasteiger partial charge in [0, 0.05) is 32.2 Å². The Labute approximate surface area is 201 Å². The van der Waals surface area contributed by atoms with Gasteiger partial charge in [-0.3, -0.25) is 19.2 Å². The fraction of sp³-hybridized carbons (Fsp3) is 0.440. The van der Waals surface area contributed by atoms with E-state index >= 15 is 0 Å². The van der Waals surface area contributed by atoms with Crippen LogP contribution in [0.25, 0.3) is 0 Å². The zero-order valence-corrected chi connectivity index (χ0v) is 20.7. The first-order valence-electron chi connectivity index (χ1n) is 11.7. The summed E-state index contributed by atoms with van der Waals surface area (Å²) >= 11 is 0. The van der Waals surface area contributed by atoms with Gasteiger partial charge in [-0.25, -0.2) is 8.42 Å². The summed E-state index contributed by atoms with van der Waals surface area (Å²) in [7, 11) is -3.86. The Balaban J connectivity index is 1.45. The summed E-state index contributed by atoms with van der Waals surface area (Å²) in [5.41, 5.74) is 2.04. The third kappa shape index (κ3) is 5.42. The summed E-state index contributed by atoms with van der Waals surface area (Å²) in [5.74, 6) is -0.192. The van der Waals surface area contributed by atoms with Gasteiger partial charge in [0.2, 0.25) is 5.91 Å². The molecular weight excluding hydrogens is 452 g/mol. The lowest BCUT2D eigenvalue weighted by atomic mass is 10.1. The molecule has 8 nitrogen and oxygen atoms in total. The second kappa shape index (κ2) is 9.76. The van der Waals surface area contributed by atoms with E-state index in [1.54, 1.807) is 48.2 Å². The molecule has 2 aromatic carbocycles. The van der Waals surface area contributed by atoms with Gasteiger partial charge in [0.1, 0.15) is 0 Å². The number of rotatable bonds is 7. The van der Waals surface area contributed by atoms with Crippen molar-refractivity contribution in [2.24, 2.45) is 0 Å². The molecule has 1 heterocycles. The van der Waals surface area contributed by atoms with E-state index in [0.29, 0.717) is 43.3 Å². The summed E-state index contributed by atoms with van der Waals surface area (Å²) < 4.78 is 28.8. The predicted molar refractivity (Wildman–Crippen MR) is 131 cm³/mol. The molecule has 1 saturated carbocycles. The van der Waals surface area contributed by atoms with Gasteiger partial charge in [-0.05, 0) is 62.9 Å². The van der Waals surface area contributed by atoms with Crippen LogP contribution in [0.5, 0.6) is 0 Å². The molecular formula is C25H32N4O4S. The van der Waals surface area contributed by atoms with E-state index in [1.807, 2.05) is 19.9 Å². The number of benzene rings is 2. The van der Waals surface area contributed by atoms with Crippen LogP contribution < -0.4 is 10.0 Å². The van der Waals surface area contributed by atoms with E-state index in [0.717, 1.165) is 18.4 Å². The quantitative estimate of drug-likeness (QED) is 0.629. The molecule has 1 aliphatic heterocycles. The van der Waals surface area contributed by atoms with Crippen LogP contribution in [-0.2, 0) is 14.8 Å². The number of para-hydroxylation sites is 1. The molecule has 0 bridgehead atoms. The van der Waals surface area contributed by atoms with Crippen molar-refractivity contribution in [2.75, 3.05) is 30.9 Å². The van der Waals surface area contributed by atoms with E-state index in [-0.39, 0.29) is 28.4 Å². The summed E-state index contributed by atoms with van der Waals surface area (Å²) in [6.45, 7) is 7.59. The lowest BCUT2D eigenvalue weighted by Gasteiger charge is -2.37. The summed E-state index contributed by atoms with van der Waals surface area (Å²) in [6, 6.07) is 12.0. The highest BCUT2D eigenvalue weighted by Crippen LogP contribution is 2.25. The molecule has 1 unspecified atom stereocenters. The molecule has 1 saturated heterocycles. The van der Waals surface area contributed by atoms with E-state index in [1.165, 1.54) is 0 Å². The van der Waals surface area contributed by atoms with Crippen molar-refractivity contribution in [1.82, 2.24) is 15.1 Å². The van der Waals surface area contributed by atoms with Crippen molar-refractivity contribution >= 4 is 27.5 Å². The van der Waals surface area contributed by atoms with Crippen LogP contribution in [0.2, 0.25) is 0 Å². The van der Waals surface area contributed by atoms with Crippen molar-refractivity contribution in [1.29, 1.82) is 0 Å². The third-order valence-corrected chi connectivity index (χ3v) is 7.99.